The molecule has 1 aliphatic carbocycles. The number of rotatable bonds is 6. The molecule has 1 fully saturated rings. The highest BCUT2D eigenvalue weighted by Crippen LogP contribution is 2.40. The van der Waals surface area contributed by atoms with Gasteiger partial charge >= 0.3 is 0 Å². The van der Waals surface area contributed by atoms with Gasteiger partial charge in [0.05, 0.1) is 6.04 Å². The number of carbonyl (C=O) groups is 1. The van der Waals surface area contributed by atoms with Gasteiger partial charge in [0, 0.05) is 13.5 Å². The van der Waals surface area contributed by atoms with Crippen molar-refractivity contribution in [1.82, 2.24) is 20.1 Å². The van der Waals surface area contributed by atoms with Crippen molar-refractivity contribution in [2.45, 2.75) is 31.7 Å². The van der Waals surface area contributed by atoms with E-state index in [-0.39, 0.29) is 17.7 Å². The monoisotopic (exact) mass is 300 g/mol. The predicted molar refractivity (Wildman–Crippen MR) is 81.0 cm³/mol. The van der Waals surface area contributed by atoms with E-state index < -0.39 is 0 Å². The summed E-state index contributed by atoms with van der Waals surface area (Å²) >= 11 is 0. The summed E-state index contributed by atoms with van der Waals surface area (Å²) in [7, 11) is 1.85. The maximum atomic E-state index is 12.2. The molecule has 6 heteroatoms. The molecule has 0 saturated heterocycles. The van der Waals surface area contributed by atoms with Crippen molar-refractivity contribution in [3.05, 3.63) is 42.0 Å². The van der Waals surface area contributed by atoms with Crippen LogP contribution < -0.4 is 5.32 Å². The van der Waals surface area contributed by atoms with E-state index in [2.05, 4.69) is 15.4 Å². The third-order valence-corrected chi connectivity index (χ3v) is 4.01. The normalized spacial score (nSPS) is 15.5. The largest absolute Gasteiger partial charge is 0.508 e. The zero-order valence-corrected chi connectivity index (χ0v) is 12.6. The molecule has 0 spiro atoms. The molecule has 0 radical (unpaired) electrons. The summed E-state index contributed by atoms with van der Waals surface area (Å²) in [6.45, 7) is 0. The van der Waals surface area contributed by atoms with E-state index in [0.717, 1.165) is 24.2 Å². The molecular formula is C16H20N4O2. The summed E-state index contributed by atoms with van der Waals surface area (Å²) in [5.74, 6) is 1.55. The number of aromatic nitrogens is 3. The van der Waals surface area contributed by atoms with E-state index in [9.17, 15) is 9.90 Å². The van der Waals surface area contributed by atoms with Crippen LogP contribution in [0.1, 0.15) is 36.7 Å². The van der Waals surface area contributed by atoms with Crippen LogP contribution in [0.5, 0.6) is 5.75 Å². The second kappa shape index (κ2) is 6.17. The van der Waals surface area contributed by atoms with Gasteiger partial charge in [0.2, 0.25) is 5.91 Å². The number of nitrogens with zero attached hydrogens (tertiary/aromatic N) is 3. The average molecular weight is 300 g/mol. The van der Waals surface area contributed by atoms with Crippen molar-refractivity contribution in [2.75, 3.05) is 0 Å². The summed E-state index contributed by atoms with van der Waals surface area (Å²) in [6.07, 6.45) is 4.84. The summed E-state index contributed by atoms with van der Waals surface area (Å²) in [5, 5.41) is 16.4. The highest BCUT2D eigenvalue weighted by atomic mass is 16.3. The van der Waals surface area contributed by atoms with E-state index in [1.165, 1.54) is 6.33 Å². The Hall–Kier alpha value is -2.37. The number of hydrogen-bond donors (Lipinski definition) is 2. The lowest BCUT2D eigenvalue weighted by atomic mass is 10.1. The Morgan fingerprint density at radius 1 is 1.41 bits per heavy atom. The fraction of sp³-hybridized carbons (Fsp3) is 0.438. The van der Waals surface area contributed by atoms with Crippen molar-refractivity contribution in [1.29, 1.82) is 0 Å². The lowest BCUT2D eigenvalue weighted by Gasteiger charge is -2.17. The molecule has 2 aromatic rings. The number of amides is 1. The third-order valence-electron chi connectivity index (χ3n) is 4.01. The van der Waals surface area contributed by atoms with Crippen LogP contribution in [0.15, 0.2) is 30.6 Å². The molecule has 1 atom stereocenters. The number of phenols is 1. The van der Waals surface area contributed by atoms with Gasteiger partial charge in [-0.25, -0.2) is 4.98 Å². The van der Waals surface area contributed by atoms with Crippen molar-refractivity contribution in [3.63, 3.8) is 0 Å². The van der Waals surface area contributed by atoms with Crippen LogP contribution >= 0.6 is 0 Å². The Morgan fingerprint density at radius 3 is 2.73 bits per heavy atom. The quantitative estimate of drug-likeness (QED) is 0.851. The third kappa shape index (κ3) is 3.44. The van der Waals surface area contributed by atoms with E-state index in [1.54, 1.807) is 16.8 Å². The first-order valence-electron chi connectivity index (χ1n) is 7.54. The maximum Gasteiger partial charge on any atom is 0.220 e. The first kappa shape index (κ1) is 14.6. The topological polar surface area (TPSA) is 80.0 Å². The summed E-state index contributed by atoms with van der Waals surface area (Å²) in [5.41, 5.74) is 1.04. The lowest BCUT2D eigenvalue weighted by Crippen LogP contribution is -2.32. The SMILES string of the molecule is Cn1ncnc1[C@H](NC(=O)CCc1ccc(O)cc1)C1CC1. The number of aryl methyl sites for hydroxylation is 2. The molecule has 0 aliphatic heterocycles. The van der Waals surface area contributed by atoms with E-state index in [4.69, 9.17) is 0 Å². The van der Waals surface area contributed by atoms with Gasteiger partial charge in [-0.1, -0.05) is 12.1 Å². The van der Waals surface area contributed by atoms with Crippen molar-refractivity contribution < 1.29 is 9.90 Å². The van der Waals surface area contributed by atoms with E-state index in [1.807, 2.05) is 19.2 Å². The number of carbonyl (C=O) groups excluding carboxylic acids is 1. The van der Waals surface area contributed by atoms with Gasteiger partial charge in [0.15, 0.2) is 0 Å². The molecule has 1 aromatic heterocycles. The second-order valence-electron chi connectivity index (χ2n) is 5.79. The van der Waals surface area contributed by atoms with Crippen LogP contribution in [0.4, 0.5) is 0 Å². The Balaban J connectivity index is 1.58. The molecule has 1 aromatic carbocycles. The standard InChI is InChI=1S/C16H20N4O2/c1-20-16(17-10-18-20)15(12-5-6-12)19-14(22)9-4-11-2-7-13(21)8-3-11/h2-3,7-8,10,12,15,21H,4-6,9H2,1H3,(H,19,22)/t15-/m1/s1. The van der Waals surface area contributed by atoms with Gasteiger partial charge in [-0.3, -0.25) is 9.48 Å². The number of hydrogen-bond acceptors (Lipinski definition) is 4. The molecule has 2 N–H and O–H groups in total. The number of benzene rings is 1. The molecule has 0 unspecified atom stereocenters. The van der Waals surface area contributed by atoms with E-state index in [0.29, 0.717) is 18.8 Å². The molecule has 3 rings (SSSR count). The number of nitrogens with one attached hydrogen (secondary N) is 1. The molecule has 22 heavy (non-hydrogen) atoms. The Labute approximate surface area is 129 Å². The van der Waals surface area contributed by atoms with Gasteiger partial charge in [0.1, 0.15) is 17.9 Å². The lowest BCUT2D eigenvalue weighted by molar-refractivity contribution is -0.122. The fourth-order valence-corrected chi connectivity index (χ4v) is 2.58. The molecule has 6 nitrogen and oxygen atoms in total. The first-order chi connectivity index (χ1) is 10.6. The Kier molecular flexibility index (Phi) is 4.09. The zero-order valence-electron chi connectivity index (χ0n) is 12.6. The second-order valence-corrected chi connectivity index (χ2v) is 5.79. The maximum absolute atomic E-state index is 12.2. The molecule has 0 bridgehead atoms. The van der Waals surface area contributed by atoms with E-state index >= 15 is 0 Å². The summed E-state index contributed by atoms with van der Waals surface area (Å²) < 4.78 is 1.73. The fourth-order valence-electron chi connectivity index (χ4n) is 2.58. The van der Waals surface area contributed by atoms with Crippen LogP contribution in [0.25, 0.3) is 0 Å². The minimum Gasteiger partial charge on any atom is -0.508 e. The van der Waals surface area contributed by atoms with Crippen molar-refractivity contribution in [2.24, 2.45) is 13.0 Å². The number of phenolic OH excluding ortho intramolecular Hbond substituents is 1. The van der Waals surface area contributed by atoms with Crippen LogP contribution in [-0.2, 0) is 18.3 Å². The zero-order chi connectivity index (χ0) is 15.5. The van der Waals surface area contributed by atoms with Gasteiger partial charge in [-0.2, -0.15) is 5.10 Å². The van der Waals surface area contributed by atoms with Crippen LogP contribution in [0.3, 0.4) is 0 Å². The van der Waals surface area contributed by atoms with Gasteiger partial charge < -0.3 is 10.4 Å². The summed E-state index contributed by atoms with van der Waals surface area (Å²) in [4.78, 5) is 16.5. The Morgan fingerprint density at radius 2 is 2.14 bits per heavy atom. The van der Waals surface area contributed by atoms with Crippen LogP contribution in [-0.4, -0.2) is 25.8 Å². The summed E-state index contributed by atoms with van der Waals surface area (Å²) in [6, 6.07) is 6.91. The van der Waals surface area contributed by atoms with Gasteiger partial charge in [-0.15, -0.1) is 0 Å². The van der Waals surface area contributed by atoms with Gasteiger partial charge in [0.25, 0.3) is 0 Å². The molecule has 1 amide bonds. The molecule has 116 valence electrons. The van der Waals surface area contributed by atoms with Crippen molar-refractivity contribution >= 4 is 5.91 Å². The number of aromatic hydroxyl groups is 1. The molecule has 1 saturated carbocycles. The molecule has 1 aliphatic rings. The Bertz CT molecular complexity index is 646. The molecular weight excluding hydrogens is 280 g/mol. The van der Waals surface area contributed by atoms with Crippen molar-refractivity contribution in [3.8, 4) is 5.75 Å². The minimum absolute atomic E-state index is 0.0213. The smallest absolute Gasteiger partial charge is 0.220 e. The predicted octanol–water partition coefficient (Wildman–Crippen LogP) is 1.72. The minimum atomic E-state index is -0.0418. The van der Waals surface area contributed by atoms with Crippen LogP contribution in [0, 0.1) is 5.92 Å². The van der Waals surface area contributed by atoms with Gasteiger partial charge in [-0.05, 0) is 42.9 Å². The van der Waals surface area contributed by atoms with Crippen LogP contribution in [0.2, 0.25) is 0 Å². The highest BCUT2D eigenvalue weighted by molar-refractivity contribution is 5.76. The molecule has 1 heterocycles. The average Bonchev–Trinajstić information content (AvgIpc) is 3.26. The first-order valence-corrected chi connectivity index (χ1v) is 7.54. The highest BCUT2D eigenvalue weighted by Gasteiger charge is 2.35.